The largest absolute Gasteiger partial charge is 0.336 e. The van der Waals surface area contributed by atoms with Gasteiger partial charge in [-0.25, -0.2) is 0 Å². The summed E-state index contributed by atoms with van der Waals surface area (Å²) in [4.78, 5) is 28.1. The van der Waals surface area contributed by atoms with Crippen molar-refractivity contribution in [3.63, 3.8) is 0 Å². The summed E-state index contributed by atoms with van der Waals surface area (Å²) in [6.07, 6.45) is 1.43. The summed E-state index contributed by atoms with van der Waals surface area (Å²) < 4.78 is 0. The molecule has 1 atom stereocenters. The SMILES string of the molecule is C[C@@H]1CN(C(=O)c2cc(N3CCCC3=O)ccc2Cl)CCN1. The van der Waals surface area contributed by atoms with Crippen LogP contribution in [0.3, 0.4) is 0 Å². The second-order valence-electron chi connectivity index (χ2n) is 5.92. The fourth-order valence-electron chi connectivity index (χ4n) is 3.05. The second-order valence-corrected chi connectivity index (χ2v) is 6.33. The van der Waals surface area contributed by atoms with Gasteiger partial charge < -0.3 is 15.1 Å². The lowest BCUT2D eigenvalue weighted by Gasteiger charge is -2.32. The van der Waals surface area contributed by atoms with Crippen LogP contribution in [0.4, 0.5) is 5.69 Å². The molecule has 0 aromatic heterocycles. The van der Waals surface area contributed by atoms with E-state index in [4.69, 9.17) is 11.6 Å². The Bertz CT molecular complexity index is 605. The smallest absolute Gasteiger partial charge is 0.255 e. The van der Waals surface area contributed by atoms with E-state index < -0.39 is 0 Å². The van der Waals surface area contributed by atoms with E-state index in [1.54, 1.807) is 17.0 Å². The van der Waals surface area contributed by atoms with E-state index in [0.29, 0.717) is 36.6 Å². The van der Waals surface area contributed by atoms with Gasteiger partial charge in [-0.3, -0.25) is 9.59 Å². The first-order chi connectivity index (χ1) is 10.6. The third-order valence-electron chi connectivity index (χ3n) is 4.22. The van der Waals surface area contributed by atoms with Crippen molar-refractivity contribution in [3.05, 3.63) is 28.8 Å². The number of halogens is 1. The Morgan fingerprint density at radius 3 is 2.86 bits per heavy atom. The normalized spacial score (nSPS) is 22.3. The molecule has 2 saturated heterocycles. The molecule has 3 rings (SSSR count). The maximum Gasteiger partial charge on any atom is 0.255 e. The summed E-state index contributed by atoms with van der Waals surface area (Å²) in [6, 6.07) is 5.55. The molecule has 0 aliphatic carbocycles. The van der Waals surface area contributed by atoms with Crippen molar-refractivity contribution in [1.82, 2.24) is 10.2 Å². The third-order valence-corrected chi connectivity index (χ3v) is 4.55. The van der Waals surface area contributed by atoms with Gasteiger partial charge in [0.1, 0.15) is 0 Å². The molecule has 2 amide bonds. The van der Waals surface area contributed by atoms with Crippen LogP contribution in [0.1, 0.15) is 30.1 Å². The molecule has 1 aromatic rings. The number of piperazine rings is 1. The van der Waals surface area contributed by atoms with Gasteiger partial charge in [0.25, 0.3) is 5.91 Å². The summed E-state index contributed by atoms with van der Waals surface area (Å²) in [7, 11) is 0. The van der Waals surface area contributed by atoms with Crippen LogP contribution in [0.2, 0.25) is 5.02 Å². The number of anilines is 1. The van der Waals surface area contributed by atoms with Gasteiger partial charge in [0.05, 0.1) is 10.6 Å². The van der Waals surface area contributed by atoms with Gasteiger partial charge >= 0.3 is 0 Å². The molecule has 22 heavy (non-hydrogen) atoms. The highest BCUT2D eigenvalue weighted by Crippen LogP contribution is 2.27. The molecule has 1 aromatic carbocycles. The first-order valence-electron chi connectivity index (χ1n) is 7.69. The minimum atomic E-state index is -0.0631. The third kappa shape index (κ3) is 2.96. The highest BCUT2D eigenvalue weighted by molar-refractivity contribution is 6.34. The molecule has 6 heteroatoms. The molecule has 0 spiro atoms. The predicted octanol–water partition coefficient (Wildman–Crippen LogP) is 1.90. The van der Waals surface area contributed by atoms with Crippen molar-refractivity contribution >= 4 is 29.1 Å². The topological polar surface area (TPSA) is 52.7 Å². The van der Waals surface area contributed by atoms with Gasteiger partial charge in [0.15, 0.2) is 0 Å². The summed E-state index contributed by atoms with van der Waals surface area (Å²) >= 11 is 6.22. The van der Waals surface area contributed by atoms with E-state index in [-0.39, 0.29) is 17.9 Å². The molecule has 1 N–H and O–H groups in total. The van der Waals surface area contributed by atoms with Crippen LogP contribution in [0.15, 0.2) is 18.2 Å². The average molecular weight is 322 g/mol. The highest BCUT2D eigenvalue weighted by atomic mass is 35.5. The van der Waals surface area contributed by atoms with Gasteiger partial charge in [-0.05, 0) is 31.5 Å². The molecule has 0 bridgehead atoms. The standard InChI is InChI=1S/C16H20ClN3O2/c1-11-10-19(8-6-18-11)16(22)13-9-12(4-5-14(13)17)20-7-2-3-15(20)21/h4-5,9,11,18H,2-3,6-8,10H2,1H3/t11-/m1/s1. The summed E-state index contributed by atoms with van der Waals surface area (Å²) in [5.74, 6) is 0.0448. The number of nitrogens with one attached hydrogen (secondary N) is 1. The molecule has 2 heterocycles. The van der Waals surface area contributed by atoms with Crippen molar-refractivity contribution in [2.45, 2.75) is 25.8 Å². The van der Waals surface area contributed by atoms with E-state index >= 15 is 0 Å². The Hall–Kier alpha value is -1.59. The van der Waals surface area contributed by atoms with Gasteiger partial charge in [-0.15, -0.1) is 0 Å². The van der Waals surface area contributed by atoms with Crippen molar-refractivity contribution in [1.29, 1.82) is 0 Å². The van der Waals surface area contributed by atoms with Gasteiger partial charge in [-0.2, -0.15) is 0 Å². The second kappa shape index (κ2) is 6.26. The van der Waals surface area contributed by atoms with Crippen LogP contribution in [0.25, 0.3) is 0 Å². The van der Waals surface area contributed by atoms with E-state index in [0.717, 1.165) is 18.7 Å². The van der Waals surface area contributed by atoms with Gasteiger partial charge in [0.2, 0.25) is 5.91 Å². The fraction of sp³-hybridized carbons (Fsp3) is 0.500. The zero-order valence-corrected chi connectivity index (χ0v) is 13.4. The van der Waals surface area contributed by atoms with Crippen molar-refractivity contribution in [2.24, 2.45) is 0 Å². The fourth-order valence-corrected chi connectivity index (χ4v) is 3.25. The summed E-state index contributed by atoms with van der Waals surface area (Å²) in [6.45, 7) is 4.89. The van der Waals surface area contributed by atoms with E-state index in [9.17, 15) is 9.59 Å². The Morgan fingerprint density at radius 2 is 2.18 bits per heavy atom. The molecular weight excluding hydrogens is 302 g/mol. The average Bonchev–Trinajstić information content (AvgIpc) is 2.93. The lowest BCUT2D eigenvalue weighted by molar-refractivity contribution is -0.117. The number of nitrogens with zero attached hydrogens (tertiary/aromatic N) is 2. The van der Waals surface area contributed by atoms with Crippen LogP contribution in [-0.2, 0) is 4.79 Å². The minimum Gasteiger partial charge on any atom is -0.336 e. The zero-order chi connectivity index (χ0) is 15.7. The first kappa shape index (κ1) is 15.3. The number of benzene rings is 1. The molecule has 0 radical (unpaired) electrons. The summed E-state index contributed by atoms with van der Waals surface area (Å²) in [5, 5.41) is 3.75. The van der Waals surface area contributed by atoms with Crippen LogP contribution in [0.5, 0.6) is 0 Å². The van der Waals surface area contributed by atoms with Crippen LogP contribution < -0.4 is 10.2 Å². The van der Waals surface area contributed by atoms with Crippen LogP contribution >= 0.6 is 11.6 Å². The number of rotatable bonds is 2. The zero-order valence-electron chi connectivity index (χ0n) is 12.6. The molecule has 118 valence electrons. The van der Waals surface area contributed by atoms with Crippen molar-refractivity contribution in [3.8, 4) is 0 Å². The minimum absolute atomic E-state index is 0.0631. The Kier molecular flexibility index (Phi) is 4.36. The van der Waals surface area contributed by atoms with E-state index in [1.807, 2.05) is 11.0 Å². The Balaban J connectivity index is 1.86. The summed E-state index contributed by atoms with van der Waals surface area (Å²) in [5.41, 5.74) is 1.24. The number of hydrogen-bond acceptors (Lipinski definition) is 3. The maximum absolute atomic E-state index is 12.7. The first-order valence-corrected chi connectivity index (χ1v) is 8.06. The molecular formula is C16H20ClN3O2. The Labute approximate surface area is 135 Å². The van der Waals surface area contributed by atoms with Crippen molar-refractivity contribution in [2.75, 3.05) is 31.1 Å². The highest BCUT2D eigenvalue weighted by Gasteiger charge is 2.26. The van der Waals surface area contributed by atoms with Crippen molar-refractivity contribution < 1.29 is 9.59 Å². The van der Waals surface area contributed by atoms with Crippen LogP contribution in [0, 0.1) is 0 Å². The molecule has 2 fully saturated rings. The van der Waals surface area contributed by atoms with Crippen LogP contribution in [-0.4, -0.2) is 48.9 Å². The lowest BCUT2D eigenvalue weighted by atomic mass is 10.1. The molecule has 2 aliphatic heterocycles. The number of hydrogen-bond donors (Lipinski definition) is 1. The maximum atomic E-state index is 12.7. The Morgan fingerprint density at radius 1 is 1.36 bits per heavy atom. The quantitative estimate of drug-likeness (QED) is 0.905. The van der Waals surface area contributed by atoms with Gasteiger partial charge in [-0.1, -0.05) is 11.6 Å². The predicted molar refractivity (Wildman–Crippen MR) is 86.4 cm³/mol. The molecule has 0 unspecified atom stereocenters. The monoisotopic (exact) mass is 321 g/mol. The lowest BCUT2D eigenvalue weighted by Crippen LogP contribution is -2.51. The van der Waals surface area contributed by atoms with E-state index in [2.05, 4.69) is 12.2 Å². The number of carbonyl (C=O) groups excluding carboxylic acids is 2. The molecule has 2 aliphatic rings. The number of carbonyl (C=O) groups is 2. The number of amides is 2. The van der Waals surface area contributed by atoms with E-state index in [1.165, 1.54) is 0 Å². The molecule has 0 saturated carbocycles. The molecule has 5 nitrogen and oxygen atoms in total. The van der Waals surface area contributed by atoms with Gasteiger partial charge in [0, 0.05) is 44.3 Å².